The lowest BCUT2D eigenvalue weighted by Gasteiger charge is -2.56. The van der Waals surface area contributed by atoms with Gasteiger partial charge in [0, 0.05) is 40.1 Å². The van der Waals surface area contributed by atoms with Crippen LogP contribution in [0.15, 0.2) is 73.2 Å². The van der Waals surface area contributed by atoms with Crippen molar-refractivity contribution >= 4 is 66.0 Å². The lowest BCUT2D eigenvalue weighted by Crippen LogP contribution is -2.51. The fourth-order valence-corrected chi connectivity index (χ4v) is 27.4. The Morgan fingerprint density at radius 2 is 0.893 bits per heavy atom. The highest BCUT2D eigenvalue weighted by atomic mass is 79.9. The number of ketones is 3. The number of carbonyl (C=O) groups excluding carboxylic acids is 3. The van der Waals surface area contributed by atoms with Gasteiger partial charge in [-0.15, -0.1) is 0 Å². The van der Waals surface area contributed by atoms with E-state index in [-0.39, 0.29) is 28.1 Å². The molecule has 0 spiro atoms. The number of hydrogen-bond acceptors (Lipinski definition) is 12. The van der Waals surface area contributed by atoms with Gasteiger partial charge in [-0.3, -0.25) is 28.8 Å². The third kappa shape index (κ3) is 13.7. The molecule has 12 fully saturated rings. The monoisotopic (exact) mass is 1460 g/mol. The zero-order valence-electron chi connectivity index (χ0n) is 62.1. The number of benzene rings is 3. The van der Waals surface area contributed by atoms with Crippen molar-refractivity contribution < 1.29 is 29.7 Å². The molecule has 12 aliphatic carbocycles. The molecule has 0 bridgehead atoms. The minimum Gasteiger partial charge on any atom is -0.390 e. The molecule has 548 valence electrons. The normalized spacial score (nSPS) is 40.9. The highest BCUT2D eigenvalue weighted by molar-refractivity contribution is 9.09. The van der Waals surface area contributed by atoms with E-state index in [0.717, 1.165) is 156 Å². The first-order valence-electron chi connectivity index (χ1n) is 40.2. The number of aromatic nitrogens is 6. The molecule has 3 aromatic heterocycles. The molecule has 15 nitrogen and oxygen atoms in total. The number of hydrogen-bond donors (Lipinski definition) is 4. The molecule has 6 aromatic rings. The Hall–Kier alpha value is -6.09. The van der Waals surface area contributed by atoms with E-state index >= 15 is 0 Å². The number of halogens is 1. The fourth-order valence-electron chi connectivity index (χ4n) is 27.0. The maximum atomic E-state index is 13.7. The number of aromatic amines is 1. The molecule has 3 aromatic carbocycles. The predicted molar refractivity (Wildman–Crippen MR) is 402 cm³/mol. The molecule has 3 heterocycles. The van der Waals surface area contributed by atoms with Gasteiger partial charge in [0.15, 0.2) is 11.6 Å². The minimum atomic E-state index is -0.463. The smallest absolute Gasteiger partial charge is 0.157 e. The summed E-state index contributed by atoms with van der Waals surface area (Å²) >= 11 is 3.42. The Bertz CT molecular complexity index is 4280. The van der Waals surface area contributed by atoms with Crippen molar-refractivity contribution in [3.8, 4) is 18.2 Å². The molecular formula is C87H112BrN9O6. The maximum Gasteiger partial charge on any atom is 0.157 e. The molecule has 4 N–H and O–H groups in total. The van der Waals surface area contributed by atoms with Crippen molar-refractivity contribution in [2.75, 3.05) is 5.33 Å². The van der Waals surface area contributed by atoms with Gasteiger partial charge in [0.1, 0.15) is 12.3 Å². The van der Waals surface area contributed by atoms with Crippen LogP contribution in [0.5, 0.6) is 0 Å². The van der Waals surface area contributed by atoms with E-state index < -0.39 is 16.8 Å². The van der Waals surface area contributed by atoms with E-state index in [4.69, 9.17) is 15.8 Å². The van der Waals surface area contributed by atoms with Gasteiger partial charge in [-0.1, -0.05) is 36.7 Å². The van der Waals surface area contributed by atoms with Crippen LogP contribution in [-0.2, 0) is 27.5 Å². The van der Waals surface area contributed by atoms with E-state index in [1.54, 1.807) is 41.3 Å². The van der Waals surface area contributed by atoms with Crippen LogP contribution >= 0.6 is 15.9 Å². The van der Waals surface area contributed by atoms with Crippen molar-refractivity contribution in [1.29, 1.82) is 15.8 Å². The highest BCUT2D eigenvalue weighted by Crippen LogP contribution is 2.68. The first kappa shape index (κ1) is 72.5. The third-order valence-corrected chi connectivity index (χ3v) is 32.2. The van der Waals surface area contributed by atoms with Crippen molar-refractivity contribution in [2.24, 2.45) is 123 Å². The predicted octanol–water partition coefficient (Wildman–Crippen LogP) is 17.4. The van der Waals surface area contributed by atoms with Gasteiger partial charge < -0.3 is 15.3 Å². The Morgan fingerprint density at radius 1 is 0.476 bits per heavy atom. The first-order chi connectivity index (χ1) is 49.3. The van der Waals surface area contributed by atoms with E-state index in [1.165, 1.54) is 116 Å². The van der Waals surface area contributed by atoms with Crippen molar-refractivity contribution in [2.45, 2.75) is 245 Å². The average Bonchev–Trinajstić information content (AvgIpc) is 1.67. The fraction of sp³-hybridized carbons (Fsp3) is 0.690. The lowest BCUT2D eigenvalue weighted by molar-refractivity contribution is -0.133. The van der Waals surface area contributed by atoms with Crippen LogP contribution < -0.4 is 0 Å². The molecule has 12 aliphatic rings. The van der Waals surface area contributed by atoms with Gasteiger partial charge in [-0.25, -0.2) is 0 Å². The summed E-state index contributed by atoms with van der Waals surface area (Å²) in [6.07, 6.45) is 36.9. The molecule has 18 rings (SSSR count). The number of nitrogens with zero attached hydrogens (tertiary/aromatic N) is 8. The SMILES string of the molecule is C[C@@]1(O)CC[C@H]2[C@H](CC[C@@H]3[C@@H]2CC[C@]2(C)[C@@H](C(=O)CBr)CC[C@@H]32)C1.C[C@@]1(O)CC[C@H]2[C@H](CC[C@@H]3[C@@H]2CC[C@]2(C)[C@@H](C(=O)Cn4cc5cc(C#N)ccc5n4)CC[C@@H]32)C1.C[C@@]1(O)CC[C@H]2[C@H](CC[C@@H]3[C@@H]2CC[C@]2(C)[C@@H](C(=O)Cn4ncc5cc(C#N)ccc54)CC[C@@H]32)C1.N#Cc1ccc2[nH]ncc2c1. The number of alkyl halides is 1. The molecular weight excluding hydrogens is 1350 g/mol. The first-order valence-corrected chi connectivity index (χ1v) is 41.3. The summed E-state index contributed by atoms with van der Waals surface area (Å²) < 4.78 is 3.62. The molecule has 16 heteroatoms. The summed E-state index contributed by atoms with van der Waals surface area (Å²) in [5.74, 6) is 13.2. The topological polar surface area (TPSA) is 248 Å². The van der Waals surface area contributed by atoms with Crippen LogP contribution in [0, 0.1) is 157 Å². The van der Waals surface area contributed by atoms with Crippen molar-refractivity contribution in [3.63, 3.8) is 0 Å². The van der Waals surface area contributed by atoms with Gasteiger partial charge in [0.2, 0.25) is 0 Å². The van der Waals surface area contributed by atoms with Crippen LogP contribution in [0.25, 0.3) is 32.7 Å². The van der Waals surface area contributed by atoms with Crippen LogP contribution in [0.1, 0.15) is 232 Å². The Morgan fingerprint density at radius 3 is 1.36 bits per heavy atom. The largest absolute Gasteiger partial charge is 0.390 e. The van der Waals surface area contributed by atoms with Crippen LogP contribution in [0.3, 0.4) is 0 Å². The van der Waals surface area contributed by atoms with E-state index in [9.17, 15) is 29.7 Å². The number of rotatable bonds is 8. The molecule has 0 unspecified atom stereocenters. The molecule has 24 atom stereocenters. The van der Waals surface area contributed by atoms with Crippen LogP contribution in [0.4, 0.5) is 0 Å². The molecule has 0 aliphatic heterocycles. The second kappa shape index (κ2) is 28.2. The molecule has 0 amide bonds. The van der Waals surface area contributed by atoms with Crippen LogP contribution in [0.2, 0.25) is 0 Å². The highest BCUT2D eigenvalue weighted by Gasteiger charge is 2.62. The van der Waals surface area contributed by atoms with E-state index in [0.29, 0.717) is 82.0 Å². The zero-order chi connectivity index (χ0) is 72.1. The number of H-pyrrole nitrogens is 1. The summed E-state index contributed by atoms with van der Waals surface area (Å²) in [6, 6.07) is 22.9. The van der Waals surface area contributed by atoms with Crippen LogP contribution in [-0.4, -0.2) is 84.6 Å². The maximum absolute atomic E-state index is 13.7. The van der Waals surface area contributed by atoms with Gasteiger partial charge in [-0.2, -0.15) is 31.1 Å². The molecule has 0 saturated heterocycles. The Balaban J connectivity index is 0.000000117. The quantitative estimate of drug-likeness (QED) is 0.104. The molecule has 0 radical (unpaired) electrons. The number of nitrogens with one attached hydrogen (secondary N) is 1. The van der Waals surface area contributed by atoms with Crippen molar-refractivity contribution in [1.82, 2.24) is 29.8 Å². The van der Waals surface area contributed by atoms with Gasteiger partial charge in [0.05, 0.1) is 92.5 Å². The van der Waals surface area contributed by atoms with Gasteiger partial charge in [0.25, 0.3) is 0 Å². The second-order valence-electron chi connectivity index (χ2n) is 37.3. The van der Waals surface area contributed by atoms with E-state index in [1.807, 2.05) is 62.0 Å². The zero-order valence-corrected chi connectivity index (χ0v) is 63.6. The Labute approximate surface area is 618 Å². The van der Waals surface area contributed by atoms with E-state index in [2.05, 4.69) is 75.3 Å². The number of Topliss-reactive ketones (excluding diaryl/α,β-unsaturated/α-hetero) is 3. The standard InChI is InChI=1S/2C29H37N3O2.C21H33BrO2.C8H5N3/c1-28(34)11-9-21-19(14-28)4-5-23-22(21)10-12-29(2)24(23)6-7-25(29)27(33)17-32-16-20-13-18(15-30)3-8-26(20)31-32;1-28(34)11-9-21-19(14-28)4-5-23-22(21)10-12-29(2)24(23)6-7-25(29)27(33)17-32-26-8-3-18(15-30)13-20(26)16-31-32;1-20(24)9-7-14-13(11-20)3-4-16-15(14)8-10-21(2)17(16)5-6-18(21)19(23)12-22;9-4-6-1-2-8-7(3-6)5-10-11-8/h2*3,8,13,16,19,21-25,34H,4-7,9-12,14,17H2,1-2H3;13-18,24H,3-12H2,1-2H3;1-3,5H,(H,10,11)/t2*19-,21+,22-,23-,24+,25-,28-,29+;13-,14+,15-,16-,17+,18-,20-,21+;/m111./s1. The summed E-state index contributed by atoms with van der Waals surface area (Å²) in [7, 11) is 0. The van der Waals surface area contributed by atoms with Gasteiger partial charge in [-0.05, 0) is 354 Å². The Kier molecular flexibility index (Phi) is 19.9. The summed E-state index contributed by atoms with van der Waals surface area (Å²) in [5.41, 5.74) is 3.79. The number of aliphatic hydroxyl groups is 3. The van der Waals surface area contributed by atoms with Crippen molar-refractivity contribution in [3.05, 3.63) is 89.9 Å². The number of fused-ring (bicyclic) bond motifs is 18. The number of nitriles is 3. The summed E-state index contributed by atoms with van der Waals surface area (Å²) in [6.45, 7) is 14.0. The summed E-state index contributed by atoms with van der Waals surface area (Å²) in [5, 5.41) is 77.7. The third-order valence-electron chi connectivity index (χ3n) is 31.7. The second-order valence-corrected chi connectivity index (χ2v) is 37.8. The summed E-state index contributed by atoms with van der Waals surface area (Å²) in [4.78, 5) is 39.7. The molecule has 103 heavy (non-hydrogen) atoms. The number of carbonyl (C=O) groups is 3. The molecule has 12 saturated carbocycles. The minimum absolute atomic E-state index is 0.113. The lowest BCUT2D eigenvalue weighted by atomic mass is 9.49. The average molecular weight is 1460 g/mol. The van der Waals surface area contributed by atoms with Gasteiger partial charge >= 0.3 is 0 Å².